The van der Waals surface area contributed by atoms with Crippen LogP contribution in [0.4, 0.5) is 0 Å². The van der Waals surface area contributed by atoms with Crippen LogP contribution >= 0.6 is 7.82 Å². The molecule has 7 heteroatoms. The maximum Gasteiger partial charge on any atom is 0.470 e. The van der Waals surface area contributed by atoms with E-state index < -0.39 is 13.9 Å². The van der Waals surface area contributed by atoms with Gasteiger partial charge in [-0.05, 0) is 6.42 Å². The lowest BCUT2D eigenvalue weighted by atomic mass is 10.0. The van der Waals surface area contributed by atoms with Gasteiger partial charge in [0.2, 0.25) is 0 Å². The van der Waals surface area contributed by atoms with Crippen LogP contribution in [-0.4, -0.2) is 53.8 Å². The lowest BCUT2D eigenvalue weighted by molar-refractivity contribution is -0.872. The molecule has 0 saturated heterocycles. The normalized spacial score (nSPS) is 13.9. The second-order valence-electron chi connectivity index (χ2n) is 7.60. The molecule has 0 aliphatic rings. The number of hydrogen-bond acceptors (Lipinski definition) is 3. The van der Waals surface area contributed by atoms with Gasteiger partial charge in [0.25, 0.3) is 0 Å². The van der Waals surface area contributed by atoms with Gasteiger partial charge in [-0.2, -0.15) is 0 Å². The molecule has 0 spiro atoms. The molecule has 0 rings (SSSR count). The van der Waals surface area contributed by atoms with Crippen molar-refractivity contribution < 1.29 is 28.2 Å². The average Bonchev–Trinajstić information content (AvgIpc) is 2.41. The Bertz CT molecular complexity index is 389. The second kappa shape index (κ2) is 12.2. The Balaban J connectivity index is 4.04. The first-order valence-corrected chi connectivity index (χ1v) is 10.7. The fourth-order valence-corrected chi connectivity index (χ4v) is 3.14. The van der Waals surface area contributed by atoms with Gasteiger partial charge in [0.05, 0.1) is 21.1 Å². The van der Waals surface area contributed by atoms with Crippen LogP contribution in [0.25, 0.3) is 0 Å². The minimum absolute atomic E-state index is 0.214. The SMILES string of the molecule is CCCCCCCCCCCC(=O)C(C[N+](C)(C)C)OP(=O)(O)O. The van der Waals surface area contributed by atoms with Crippen molar-refractivity contribution in [3.63, 3.8) is 0 Å². The fourth-order valence-electron chi connectivity index (χ4n) is 2.63. The molecule has 0 radical (unpaired) electrons. The van der Waals surface area contributed by atoms with Crippen LogP contribution in [0.15, 0.2) is 0 Å². The van der Waals surface area contributed by atoms with Gasteiger partial charge in [-0.15, -0.1) is 0 Å². The number of phosphoric acid groups is 1. The van der Waals surface area contributed by atoms with Crippen LogP contribution in [0.3, 0.4) is 0 Å². The van der Waals surface area contributed by atoms with Gasteiger partial charge in [0.15, 0.2) is 11.9 Å². The second-order valence-corrected chi connectivity index (χ2v) is 8.79. The zero-order valence-corrected chi connectivity index (χ0v) is 16.8. The number of carbonyl (C=O) groups excluding carboxylic acids is 1. The third kappa shape index (κ3) is 15.3. The quantitative estimate of drug-likeness (QED) is 0.262. The summed E-state index contributed by atoms with van der Waals surface area (Å²) < 4.78 is 16.2. The molecule has 0 bridgehead atoms. The largest absolute Gasteiger partial charge is 0.470 e. The van der Waals surface area contributed by atoms with E-state index in [4.69, 9.17) is 14.3 Å². The number of nitrogens with zero attached hydrogens (tertiary/aromatic N) is 1. The smallest absolute Gasteiger partial charge is 0.328 e. The van der Waals surface area contributed by atoms with Crippen molar-refractivity contribution >= 4 is 13.6 Å². The minimum atomic E-state index is -4.66. The van der Waals surface area contributed by atoms with Crippen molar-refractivity contribution in [3.05, 3.63) is 0 Å². The predicted octanol–water partition coefficient (Wildman–Crippen LogP) is 3.66. The number of hydrogen-bond donors (Lipinski definition) is 2. The highest BCUT2D eigenvalue weighted by Crippen LogP contribution is 2.38. The third-order valence-corrected chi connectivity index (χ3v) is 4.39. The zero-order valence-electron chi connectivity index (χ0n) is 15.9. The number of rotatable bonds is 15. The van der Waals surface area contributed by atoms with Gasteiger partial charge in [0.1, 0.15) is 6.54 Å². The summed E-state index contributed by atoms with van der Waals surface area (Å²) >= 11 is 0. The third-order valence-electron chi connectivity index (χ3n) is 3.86. The summed E-state index contributed by atoms with van der Waals surface area (Å²) in [5.74, 6) is -0.214. The van der Waals surface area contributed by atoms with E-state index in [-0.39, 0.29) is 12.3 Å². The number of likely N-dealkylation sites (N-methyl/N-ethyl adjacent to an activating group) is 1. The summed E-state index contributed by atoms with van der Waals surface area (Å²) in [5, 5.41) is 0. The van der Waals surface area contributed by atoms with Gasteiger partial charge in [-0.1, -0.05) is 58.3 Å². The maximum atomic E-state index is 12.2. The van der Waals surface area contributed by atoms with Crippen molar-refractivity contribution in [2.45, 2.75) is 77.2 Å². The molecule has 144 valence electrons. The van der Waals surface area contributed by atoms with E-state index in [9.17, 15) is 9.36 Å². The molecule has 0 aliphatic carbocycles. The molecule has 0 heterocycles. The summed E-state index contributed by atoms with van der Waals surface area (Å²) in [5.41, 5.74) is 0. The molecule has 0 saturated carbocycles. The van der Waals surface area contributed by atoms with Crippen molar-refractivity contribution in [1.29, 1.82) is 0 Å². The fraction of sp³-hybridized carbons (Fsp3) is 0.941. The molecular formula is C17H37NO5P+. The summed E-state index contributed by atoms with van der Waals surface area (Å²) in [6.07, 6.45) is 9.72. The van der Waals surface area contributed by atoms with Crippen molar-refractivity contribution in [2.24, 2.45) is 0 Å². The lowest BCUT2D eigenvalue weighted by Crippen LogP contribution is -2.45. The Morgan fingerprint density at radius 3 is 1.83 bits per heavy atom. The van der Waals surface area contributed by atoms with Gasteiger partial charge in [-0.3, -0.25) is 9.32 Å². The van der Waals surface area contributed by atoms with Crippen LogP contribution in [0.1, 0.15) is 71.1 Å². The average molecular weight is 366 g/mol. The topological polar surface area (TPSA) is 83.8 Å². The Morgan fingerprint density at radius 1 is 0.958 bits per heavy atom. The van der Waals surface area contributed by atoms with E-state index >= 15 is 0 Å². The highest BCUT2D eigenvalue weighted by Gasteiger charge is 2.32. The Hall–Kier alpha value is -0.260. The van der Waals surface area contributed by atoms with Crippen molar-refractivity contribution in [2.75, 3.05) is 27.7 Å². The van der Waals surface area contributed by atoms with E-state index in [0.717, 1.165) is 19.3 Å². The molecule has 2 N–H and O–H groups in total. The molecule has 0 fully saturated rings. The van der Waals surface area contributed by atoms with E-state index in [1.54, 1.807) is 0 Å². The molecular weight excluding hydrogens is 329 g/mol. The molecule has 6 nitrogen and oxygen atoms in total. The minimum Gasteiger partial charge on any atom is -0.328 e. The van der Waals surface area contributed by atoms with Crippen LogP contribution in [0.2, 0.25) is 0 Å². The maximum absolute atomic E-state index is 12.2. The molecule has 0 aliphatic heterocycles. The van der Waals surface area contributed by atoms with Gasteiger partial charge in [0, 0.05) is 6.42 Å². The van der Waals surface area contributed by atoms with E-state index in [0.29, 0.717) is 10.9 Å². The van der Waals surface area contributed by atoms with Crippen LogP contribution in [-0.2, 0) is 13.9 Å². The predicted molar refractivity (Wildman–Crippen MR) is 96.7 cm³/mol. The Labute approximate surface area is 147 Å². The van der Waals surface area contributed by atoms with Gasteiger partial charge >= 0.3 is 7.82 Å². The molecule has 0 aromatic rings. The first kappa shape index (κ1) is 23.7. The Kier molecular flexibility index (Phi) is 12.0. The van der Waals surface area contributed by atoms with E-state index in [1.807, 2.05) is 21.1 Å². The summed E-state index contributed by atoms with van der Waals surface area (Å²) in [6.45, 7) is 2.46. The molecule has 0 amide bonds. The monoisotopic (exact) mass is 366 g/mol. The zero-order chi connectivity index (χ0) is 18.6. The highest BCUT2D eigenvalue weighted by molar-refractivity contribution is 7.46. The summed E-state index contributed by atoms with van der Waals surface area (Å²) in [6, 6.07) is 0. The van der Waals surface area contributed by atoms with Crippen LogP contribution in [0, 0.1) is 0 Å². The number of Topliss-reactive ketones (excluding diaryl/α,β-unsaturated/α-hetero) is 1. The first-order valence-electron chi connectivity index (χ1n) is 9.12. The highest BCUT2D eigenvalue weighted by atomic mass is 31.2. The Morgan fingerprint density at radius 2 is 1.42 bits per heavy atom. The number of phosphoric ester groups is 1. The standard InChI is InChI=1S/C17H36NO5P/c1-5-6-7-8-9-10-11-12-13-14-16(19)17(15-18(2,3)4)23-24(20,21)22/h17H,5-15H2,1-4H3,(H-,20,21,22)/p+1. The summed E-state index contributed by atoms with van der Waals surface area (Å²) in [4.78, 5) is 30.2. The number of quaternary nitrogens is 1. The van der Waals surface area contributed by atoms with Crippen LogP contribution < -0.4 is 0 Å². The molecule has 1 unspecified atom stereocenters. The van der Waals surface area contributed by atoms with Crippen molar-refractivity contribution in [1.82, 2.24) is 0 Å². The van der Waals surface area contributed by atoms with Gasteiger partial charge < -0.3 is 14.3 Å². The van der Waals surface area contributed by atoms with E-state index in [1.165, 1.54) is 38.5 Å². The summed E-state index contributed by atoms with van der Waals surface area (Å²) in [7, 11) is 0.933. The molecule has 0 aromatic carbocycles. The number of unbranched alkanes of at least 4 members (excludes halogenated alkanes) is 8. The van der Waals surface area contributed by atoms with E-state index in [2.05, 4.69) is 6.92 Å². The first-order chi connectivity index (χ1) is 11.0. The molecule has 24 heavy (non-hydrogen) atoms. The lowest BCUT2D eigenvalue weighted by Gasteiger charge is -2.28. The van der Waals surface area contributed by atoms with Gasteiger partial charge in [-0.25, -0.2) is 4.57 Å². The van der Waals surface area contributed by atoms with Crippen molar-refractivity contribution in [3.8, 4) is 0 Å². The molecule has 0 aromatic heterocycles. The number of carbonyl (C=O) groups is 1. The number of ketones is 1. The van der Waals surface area contributed by atoms with Crippen LogP contribution in [0.5, 0.6) is 0 Å². The molecule has 1 atom stereocenters.